The number of aliphatic hydroxyl groups is 1. The highest BCUT2D eigenvalue weighted by Crippen LogP contribution is 1.99. The van der Waals surface area contributed by atoms with Crippen LogP contribution in [0.25, 0.3) is 0 Å². The number of hydrogen-bond donors (Lipinski definition) is 1. The highest BCUT2D eigenvalue weighted by atomic mass is 16.5. The van der Waals surface area contributed by atoms with Crippen LogP contribution in [0.3, 0.4) is 0 Å². The monoisotopic (exact) mass is 176 g/mol. The van der Waals surface area contributed by atoms with Crippen molar-refractivity contribution in [2.45, 2.75) is 38.9 Å². The van der Waals surface area contributed by atoms with E-state index in [1.54, 1.807) is 7.11 Å². The van der Waals surface area contributed by atoms with Gasteiger partial charge in [0.05, 0.1) is 12.2 Å². The molecule has 0 amide bonds. The van der Waals surface area contributed by atoms with Gasteiger partial charge in [-0.2, -0.15) is 0 Å². The van der Waals surface area contributed by atoms with Crippen molar-refractivity contribution in [3.05, 3.63) is 0 Å². The highest BCUT2D eigenvalue weighted by Gasteiger charge is 2.03. The van der Waals surface area contributed by atoms with Gasteiger partial charge in [-0.15, -0.1) is 0 Å². The van der Waals surface area contributed by atoms with Crippen molar-refractivity contribution in [2.24, 2.45) is 0 Å². The molecule has 0 heterocycles. The van der Waals surface area contributed by atoms with Gasteiger partial charge in [-0.3, -0.25) is 0 Å². The smallest absolute Gasteiger partial charge is 0.0584 e. The predicted molar refractivity (Wildman–Crippen MR) is 48.2 cm³/mol. The molecule has 0 aliphatic carbocycles. The van der Waals surface area contributed by atoms with Crippen LogP contribution in [0.1, 0.15) is 26.7 Å². The number of methoxy groups -OCH3 is 1. The Balaban J connectivity index is 3.13. The van der Waals surface area contributed by atoms with Crippen LogP contribution in [0.4, 0.5) is 0 Å². The van der Waals surface area contributed by atoms with Crippen molar-refractivity contribution in [1.29, 1.82) is 0 Å². The molecule has 0 bridgehead atoms. The van der Waals surface area contributed by atoms with Crippen molar-refractivity contribution < 1.29 is 14.6 Å². The maximum absolute atomic E-state index is 9.33. The van der Waals surface area contributed by atoms with Gasteiger partial charge in [-0.1, -0.05) is 0 Å². The van der Waals surface area contributed by atoms with E-state index >= 15 is 0 Å². The van der Waals surface area contributed by atoms with E-state index < -0.39 is 0 Å². The van der Waals surface area contributed by atoms with Crippen LogP contribution in [0.5, 0.6) is 0 Å². The van der Waals surface area contributed by atoms with Crippen molar-refractivity contribution in [2.75, 3.05) is 20.3 Å². The van der Waals surface area contributed by atoms with E-state index in [9.17, 15) is 5.11 Å². The van der Waals surface area contributed by atoms with Crippen LogP contribution in [-0.2, 0) is 9.47 Å². The fourth-order valence-electron chi connectivity index (χ4n) is 0.838. The molecule has 12 heavy (non-hydrogen) atoms. The van der Waals surface area contributed by atoms with Crippen LogP contribution in [0.2, 0.25) is 0 Å². The molecule has 3 nitrogen and oxygen atoms in total. The normalized spacial score (nSPS) is 13.8. The van der Waals surface area contributed by atoms with Gasteiger partial charge in [0.1, 0.15) is 0 Å². The summed E-state index contributed by atoms with van der Waals surface area (Å²) in [5.74, 6) is 0. The van der Waals surface area contributed by atoms with Gasteiger partial charge in [0.2, 0.25) is 0 Å². The van der Waals surface area contributed by atoms with Gasteiger partial charge < -0.3 is 14.6 Å². The van der Waals surface area contributed by atoms with Gasteiger partial charge in [-0.05, 0) is 26.7 Å². The molecular formula is C9H20O3. The summed E-state index contributed by atoms with van der Waals surface area (Å²) in [4.78, 5) is 0. The minimum Gasteiger partial charge on any atom is -0.393 e. The van der Waals surface area contributed by atoms with E-state index in [-0.39, 0.29) is 12.2 Å². The zero-order valence-corrected chi connectivity index (χ0v) is 8.25. The predicted octanol–water partition coefficient (Wildman–Crippen LogP) is 1.20. The van der Waals surface area contributed by atoms with Crippen LogP contribution in [-0.4, -0.2) is 37.6 Å². The minimum absolute atomic E-state index is 0.250. The van der Waals surface area contributed by atoms with E-state index in [2.05, 4.69) is 0 Å². The maximum atomic E-state index is 9.33. The number of ether oxygens (including phenoxy) is 2. The topological polar surface area (TPSA) is 38.7 Å². The van der Waals surface area contributed by atoms with Crippen LogP contribution >= 0.6 is 0 Å². The average molecular weight is 176 g/mol. The Morgan fingerprint density at radius 3 is 2.25 bits per heavy atom. The highest BCUT2D eigenvalue weighted by molar-refractivity contribution is 4.54. The Kier molecular flexibility index (Phi) is 7.45. The second-order valence-electron chi connectivity index (χ2n) is 3.14. The summed E-state index contributed by atoms with van der Waals surface area (Å²) < 4.78 is 10.1. The fourth-order valence-corrected chi connectivity index (χ4v) is 0.838. The summed E-state index contributed by atoms with van der Waals surface area (Å²) in [5.41, 5.74) is 0. The average Bonchev–Trinajstić information content (AvgIpc) is 2.00. The molecule has 0 fully saturated rings. The van der Waals surface area contributed by atoms with Gasteiger partial charge in [-0.25, -0.2) is 0 Å². The molecule has 0 rings (SSSR count). The van der Waals surface area contributed by atoms with E-state index in [4.69, 9.17) is 9.47 Å². The Morgan fingerprint density at radius 1 is 1.17 bits per heavy atom. The van der Waals surface area contributed by atoms with Crippen LogP contribution < -0.4 is 0 Å². The molecule has 1 unspecified atom stereocenters. The Bertz CT molecular complexity index is 93.8. The first-order chi connectivity index (χ1) is 5.66. The van der Waals surface area contributed by atoms with Crippen molar-refractivity contribution in [1.82, 2.24) is 0 Å². The summed E-state index contributed by atoms with van der Waals surface area (Å²) in [6.07, 6.45) is 1.35. The standard InChI is InChI=1S/C9H20O3/c1-8(2)12-7-5-9(10)4-6-11-3/h8-10H,4-7H2,1-3H3. The van der Waals surface area contributed by atoms with Gasteiger partial charge >= 0.3 is 0 Å². The number of hydrogen-bond acceptors (Lipinski definition) is 3. The van der Waals surface area contributed by atoms with Crippen molar-refractivity contribution in [3.8, 4) is 0 Å². The van der Waals surface area contributed by atoms with Crippen molar-refractivity contribution >= 4 is 0 Å². The molecule has 0 aliphatic rings. The lowest BCUT2D eigenvalue weighted by Gasteiger charge is -2.11. The molecule has 1 atom stereocenters. The first-order valence-electron chi connectivity index (χ1n) is 4.45. The third kappa shape index (κ3) is 7.98. The number of rotatable bonds is 7. The number of aliphatic hydroxyl groups excluding tert-OH is 1. The van der Waals surface area contributed by atoms with Crippen molar-refractivity contribution in [3.63, 3.8) is 0 Å². The first kappa shape index (κ1) is 11.9. The molecule has 0 aromatic rings. The molecule has 0 saturated heterocycles. The third-order valence-corrected chi connectivity index (χ3v) is 1.56. The van der Waals surface area contributed by atoms with Gasteiger partial charge in [0, 0.05) is 20.3 Å². The largest absolute Gasteiger partial charge is 0.393 e. The van der Waals surface area contributed by atoms with Gasteiger partial charge in [0.15, 0.2) is 0 Å². The lowest BCUT2D eigenvalue weighted by Crippen LogP contribution is -2.14. The Labute approximate surface area is 74.7 Å². The van der Waals surface area contributed by atoms with E-state index in [0.717, 1.165) is 0 Å². The maximum Gasteiger partial charge on any atom is 0.0584 e. The molecular weight excluding hydrogens is 156 g/mol. The molecule has 0 saturated carbocycles. The van der Waals surface area contributed by atoms with Crippen LogP contribution in [0.15, 0.2) is 0 Å². The quantitative estimate of drug-likeness (QED) is 0.633. The molecule has 0 spiro atoms. The lowest BCUT2D eigenvalue weighted by atomic mass is 10.2. The van der Waals surface area contributed by atoms with E-state index in [1.807, 2.05) is 13.8 Å². The third-order valence-electron chi connectivity index (χ3n) is 1.56. The summed E-state index contributed by atoms with van der Waals surface area (Å²) in [6.45, 7) is 5.22. The van der Waals surface area contributed by atoms with Crippen LogP contribution in [0, 0.1) is 0 Å². The lowest BCUT2D eigenvalue weighted by molar-refractivity contribution is 0.0364. The molecule has 0 aromatic carbocycles. The minimum atomic E-state index is -0.288. The molecule has 0 radical (unpaired) electrons. The Hall–Kier alpha value is -0.120. The van der Waals surface area contributed by atoms with Gasteiger partial charge in [0.25, 0.3) is 0 Å². The molecule has 3 heteroatoms. The molecule has 1 N–H and O–H groups in total. The molecule has 74 valence electrons. The molecule has 0 aliphatic heterocycles. The first-order valence-corrected chi connectivity index (χ1v) is 4.45. The SMILES string of the molecule is COCCC(O)CCOC(C)C. The summed E-state index contributed by atoms with van der Waals surface area (Å²) >= 11 is 0. The summed E-state index contributed by atoms with van der Waals surface area (Å²) in [7, 11) is 1.64. The fraction of sp³-hybridized carbons (Fsp3) is 1.00. The summed E-state index contributed by atoms with van der Waals surface area (Å²) in [6, 6.07) is 0. The Morgan fingerprint density at radius 2 is 1.75 bits per heavy atom. The molecule has 0 aromatic heterocycles. The van der Waals surface area contributed by atoms with E-state index in [0.29, 0.717) is 26.1 Å². The zero-order valence-electron chi connectivity index (χ0n) is 8.25. The summed E-state index contributed by atoms with van der Waals surface area (Å²) in [5, 5.41) is 9.33. The second-order valence-corrected chi connectivity index (χ2v) is 3.14. The van der Waals surface area contributed by atoms with E-state index in [1.165, 1.54) is 0 Å². The zero-order chi connectivity index (χ0) is 9.40. The second kappa shape index (κ2) is 7.53.